The average Bonchev–Trinajstić information content (AvgIpc) is 3.16. The quantitative estimate of drug-likeness (QED) is 0.506. The second-order valence-corrected chi connectivity index (χ2v) is 14.2. The lowest BCUT2D eigenvalue weighted by Crippen LogP contribution is -2.55. The minimum absolute atomic E-state index is 0.173. The highest BCUT2D eigenvalue weighted by Crippen LogP contribution is 2.45. The van der Waals surface area contributed by atoms with Crippen LogP contribution in [0.5, 0.6) is 0 Å². The lowest BCUT2D eigenvalue weighted by molar-refractivity contribution is 0.0525. The summed E-state index contributed by atoms with van der Waals surface area (Å²) >= 11 is 1.38. The van der Waals surface area contributed by atoms with Gasteiger partial charge in [-0.25, -0.2) is 13.2 Å². The summed E-state index contributed by atoms with van der Waals surface area (Å²) in [6.07, 6.45) is 2.49. The van der Waals surface area contributed by atoms with Crippen LogP contribution in [0.3, 0.4) is 0 Å². The first-order chi connectivity index (χ1) is 17.2. The molecule has 3 heterocycles. The third-order valence-electron chi connectivity index (χ3n) is 6.92. The number of ether oxygens (including phenoxy) is 1. The van der Waals surface area contributed by atoms with Crippen LogP contribution in [-0.2, 0) is 26.7 Å². The molecule has 2 aromatic rings. The number of benzene rings is 1. The van der Waals surface area contributed by atoms with Crippen molar-refractivity contribution in [3.8, 4) is 0 Å². The number of fused-ring (bicyclic) bond motifs is 1. The minimum Gasteiger partial charge on any atom is -0.462 e. The van der Waals surface area contributed by atoms with Gasteiger partial charge in [-0.1, -0.05) is 6.92 Å². The Bertz CT molecular complexity index is 1300. The van der Waals surface area contributed by atoms with Crippen LogP contribution in [0.25, 0.3) is 0 Å². The van der Waals surface area contributed by atoms with E-state index in [4.69, 9.17) is 4.74 Å². The first-order valence-electron chi connectivity index (χ1n) is 12.8. The average molecular weight is 548 g/mol. The van der Waals surface area contributed by atoms with Gasteiger partial charge >= 0.3 is 5.97 Å². The molecule has 1 saturated heterocycles. The summed E-state index contributed by atoms with van der Waals surface area (Å²) in [5.74, 6) is -0.546. The van der Waals surface area contributed by atoms with E-state index in [-0.39, 0.29) is 17.0 Å². The Labute approximate surface area is 223 Å². The van der Waals surface area contributed by atoms with Gasteiger partial charge < -0.3 is 15.4 Å². The molecule has 1 fully saturated rings. The molecule has 202 valence electrons. The van der Waals surface area contributed by atoms with E-state index in [9.17, 15) is 18.0 Å². The van der Waals surface area contributed by atoms with E-state index in [1.807, 2.05) is 0 Å². The number of anilines is 1. The predicted octanol–water partition coefficient (Wildman–Crippen LogP) is 4.76. The van der Waals surface area contributed by atoms with Gasteiger partial charge in [0.15, 0.2) is 0 Å². The summed E-state index contributed by atoms with van der Waals surface area (Å²) < 4.78 is 33.0. The molecule has 2 aliphatic heterocycles. The van der Waals surface area contributed by atoms with Gasteiger partial charge in [-0.05, 0) is 89.6 Å². The van der Waals surface area contributed by atoms with Crippen LogP contribution in [0.4, 0.5) is 5.00 Å². The standard InChI is InChI=1S/C27H37N3O5S2/c1-7-35-25(32)21-20-15-26(3,4)29-27(5,6)22(20)36-24(21)28-23(31)18-10-12-19(13-11-18)37(33,34)30-14-8-9-17(2)16-30/h10-13,17,29H,7-9,14-16H2,1-6H3,(H,28,31). The van der Waals surface area contributed by atoms with E-state index in [2.05, 4.69) is 45.3 Å². The lowest BCUT2D eigenvalue weighted by atomic mass is 9.81. The number of carbonyl (C=O) groups is 2. The van der Waals surface area contributed by atoms with E-state index < -0.39 is 27.4 Å². The molecule has 0 bridgehead atoms. The van der Waals surface area contributed by atoms with Crippen LogP contribution in [0.2, 0.25) is 0 Å². The molecular weight excluding hydrogens is 510 g/mol. The fourth-order valence-electron chi connectivity index (χ4n) is 5.50. The molecule has 10 heteroatoms. The van der Waals surface area contributed by atoms with Gasteiger partial charge in [0.2, 0.25) is 10.0 Å². The number of nitrogens with zero attached hydrogens (tertiary/aromatic N) is 1. The maximum absolute atomic E-state index is 13.2. The summed E-state index contributed by atoms with van der Waals surface area (Å²) in [5.41, 5.74) is 0.965. The number of piperidine rings is 1. The summed E-state index contributed by atoms with van der Waals surface area (Å²) in [7, 11) is -3.61. The maximum Gasteiger partial charge on any atom is 0.341 e. The number of thiophene rings is 1. The zero-order valence-corrected chi connectivity index (χ0v) is 24.1. The third-order valence-corrected chi connectivity index (χ3v) is 10.3. The molecule has 0 radical (unpaired) electrons. The highest BCUT2D eigenvalue weighted by atomic mass is 32.2. The highest BCUT2D eigenvalue weighted by Gasteiger charge is 2.42. The molecule has 4 rings (SSSR count). The van der Waals surface area contributed by atoms with Crippen molar-refractivity contribution in [2.75, 3.05) is 25.0 Å². The molecule has 2 aliphatic rings. The van der Waals surface area contributed by atoms with Crippen LogP contribution in [0.15, 0.2) is 29.2 Å². The summed E-state index contributed by atoms with van der Waals surface area (Å²) in [4.78, 5) is 27.4. The van der Waals surface area contributed by atoms with Crippen LogP contribution in [0.1, 0.15) is 85.5 Å². The number of sulfonamides is 1. The molecule has 8 nitrogen and oxygen atoms in total. The predicted molar refractivity (Wildman–Crippen MR) is 146 cm³/mol. The van der Waals surface area contributed by atoms with E-state index in [1.165, 1.54) is 39.9 Å². The van der Waals surface area contributed by atoms with Gasteiger partial charge in [0.25, 0.3) is 5.91 Å². The SMILES string of the molecule is CCOC(=O)c1c(NC(=O)c2ccc(S(=O)(=O)N3CCCC(C)C3)cc2)sc2c1CC(C)(C)NC2(C)C. The largest absolute Gasteiger partial charge is 0.462 e. The van der Waals surface area contributed by atoms with Crippen LogP contribution < -0.4 is 10.6 Å². The maximum atomic E-state index is 13.2. The van der Waals surface area contributed by atoms with Crippen LogP contribution in [-0.4, -0.2) is 49.8 Å². The Morgan fingerprint density at radius 2 is 1.86 bits per heavy atom. The second-order valence-electron chi connectivity index (χ2n) is 11.2. The molecule has 0 spiro atoms. The van der Waals surface area contributed by atoms with E-state index in [0.717, 1.165) is 23.3 Å². The first kappa shape index (κ1) is 27.8. The summed E-state index contributed by atoms with van der Waals surface area (Å²) in [5, 5.41) is 6.97. The molecule has 1 aromatic heterocycles. The van der Waals surface area contributed by atoms with Gasteiger partial charge in [-0.15, -0.1) is 11.3 Å². The Morgan fingerprint density at radius 1 is 1.19 bits per heavy atom. The van der Waals surface area contributed by atoms with Crippen molar-refractivity contribution < 1.29 is 22.7 Å². The van der Waals surface area contributed by atoms with Crippen molar-refractivity contribution in [1.82, 2.24) is 9.62 Å². The van der Waals surface area contributed by atoms with Gasteiger partial charge in [-0.3, -0.25) is 4.79 Å². The molecule has 37 heavy (non-hydrogen) atoms. The number of rotatable bonds is 6. The molecule has 0 aliphatic carbocycles. The molecule has 1 aromatic carbocycles. The highest BCUT2D eigenvalue weighted by molar-refractivity contribution is 7.89. The third kappa shape index (κ3) is 5.62. The molecule has 1 amide bonds. The Balaban J connectivity index is 1.62. The molecule has 0 saturated carbocycles. The zero-order chi connectivity index (χ0) is 27.2. The normalized spacial score (nSPS) is 21.2. The Kier molecular flexibility index (Phi) is 7.60. The van der Waals surface area contributed by atoms with Crippen molar-refractivity contribution in [2.45, 2.75) is 76.8 Å². The van der Waals surface area contributed by atoms with E-state index in [0.29, 0.717) is 41.6 Å². The van der Waals surface area contributed by atoms with Crippen LogP contribution in [0, 0.1) is 5.92 Å². The topological polar surface area (TPSA) is 105 Å². The molecule has 1 atom stereocenters. The number of carbonyl (C=O) groups excluding carboxylic acids is 2. The van der Waals surface area contributed by atoms with E-state index >= 15 is 0 Å². The second kappa shape index (κ2) is 10.1. The van der Waals surface area contributed by atoms with Crippen molar-refractivity contribution >= 4 is 38.2 Å². The van der Waals surface area contributed by atoms with Gasteiger partial charge in [0.1, 0.15) is 5.00 Å². The Hall–Kier alpha value is -2.27. The van der Waals surface area contributed by atoms with Crippen molar-refractivity contribution in [3.05, 3.63) is 45.8 Å². The van der Waals surface area contributed by atoms with Crippen molar-refractivity contribution in [1.29, 1.82) is 0 Å². The number of hydrogen-bond donors (Lipinski definition) is 2. The molecule has 1 unspecified atom stereocenters. The summed E-state index contributed by atoms with van der Waals surface area (Å²) in [6, 6.07) is 5.99. The first-order valence-corrected chi connectivity index (χ1v) is 15.0. The Morgan fingerprint density at radius 3 is 2.49 bits per heavy atom. The van der Waals surface area contributed by atoms with Gasteiger partial charge in [-0.2, -0.15) is 4.31 Å². The van der Waals surface area contributed by atoms with Crippen LogP contribution >= 0.6 is 11.3 Å². The minimum atomic E-state index is -3.61. The molecular formula is C27H37N3O5S2. The molecule has 2 N–H and O–H groups in total. The monoisotopic (exact) mass is 547 g/mol. The van der Waals surface area contributed by atoms with E-state index in [1.54, 1.807) is 6.92 Å². The zero-order valence-electron chi connectivity index (χ0n) is 22.4. The number of esters is 1. The van der Waals surface area contributed by atoms with Crippen molar-refractivity contribution in [3.63, 3.8) is 0 Å². The van der Waals surface area contributed by atoms with Gasteiger partial charge in [0, 0.05) is 34.6 Å². The fraction of sp³-hybridized carbons (Fsp3) is 0.556. The smallest absolute Gasteiger partial charge is 0.341 e. The summed E-state index contributed by atoms with van der Waals surface area (Å²) in [6.45, 7) is 13.4. The van der Waals surface area contributed by atoms with Gasteiger partial charge in [0.05, 0.1) is 17.1 Å². The number of amides is 1. The number of hydrogen-bond acceptors (Lipinski definition) is 7. The lowest BCUT2D eigenvalue weighted by Gasteiger charge is -2.42. The number of nitrogens with one attached hydrogen (secondary N) is 2. The van der Waals surface area contributed by atoms with Crippen molar-refractivity contribution in [2.24, 2.45) is 5.92 Å². The fourth-order valence-corrected chi connectivity index (χ4v) is 8.36.